The smallest absolute Gasteiger partial charge is 0.0621 e. The molecule has 1 heterocycles. The second-order valence-corrected chi connectivity index (χ2v) is 4.83. The van der Waals surface area contributed by atoms with Gasteiger partial charge in [-0.25, -0.2) is 0 Å². The molecule has 0 radical (unpaired) electrons. The molecule has 0 fully saturated rings. The maximum Gasteiger partial charge on any atom is 0.0621 e. The summed E-state index contributed by atoms with van der Waals surface area (Å²) in [5.41, 5.74) is 1.34. The van der Waals surface area contributed by atoms with Crippen LogP contribution in [0.2, 0.25) is 0 Å². The minimum Gasteiger partial charge on any atom is -0.350 e. The van der Waals surface area contributed by atoms with Crippen LogP contribution in [0.4, 0.5) is 0 Å². The van der Waals surface area contributed by atoms with Crippen LogP contribution in [0.5, 0.6) is 0 Å². The van der Waals surface area contributed by atoms with Crippen molar-refractivity contribution in [3.63, 3.8) is 0 Å². The number of hydrogen-bond acceptors (Lipinski definition) is 2. The van der Waals surface area contributed by atoms with Gasteiger partial charge >= 0.3 is 0 Å². The van der Waals surface area contributed by atoms with E-state index in [1.54, 1.807) is 0 Å². The summed E-state index contributed by atoms with van der Waals surface area (Å²) in [6.07, 6.45) is 4.87. The predicted octanol–water partition coefficient (Wildman–Crippen LogP) is 2.93. The lowest BCUT2D eigenvalue weighted by atomic mass is 10.2. The zero-order valence-electron chi connectivity index (χ0n) is 10.9. The van der Waals surface area contributed by atoms with Gasteiger partial charge in [-0.3, -0.25) is 0 Å². The molecule has 0 atom stereocenters. The number of aryl methyl sites for hydroxylation is 1. The predicted molar refractivity (Wildman–Crippen MR) is 70.4 cm³/mol. The summed E-state index contributed by atoms with van der Waals surface area (Å²) in [6, 6.07) is 6.45. The summed E-state index contributed by atoms with van der Waals surface area (Å²) in [6.45, 7) is 7.44. The second-order valence-electron chi connectivity index (χ2n) is 4.83. The minimum absolute atomic E-state index is 0.669. The largest absolute Gasteiger partial charge is 0.350 e. The number of nitriles is 1. The van der Waals surface area contributed by atoms with Gasteiger partial charge in [0.15, 0.2) is 0 Å². The lowest BCUT2D eigenvalue weighted by Crippen LogP contribution is -2.20. The van der Waals surface area contributed by atoms with Gasteiger partial charge in [-0.1, -0.05) is 13.8 Å². The maximum atomic E-state index is 8.48. The van der Waals surface area contributed by atoms with Gasteiger partial charge in [0.25, 0.3) is 0 Å². The van der Waals surface area contributed by atoms with Gasteiger partial charge in [0.1, 0.15) is 0 Å². The van der Waals surface area contributed by atoms with Gasteiger partial charge in [-0.05, 0) is 37.4 Å². The number of rotatable bonds is 8. The van der Waals surface area contributed by atoms with Crippen LogP contribution in [0.3, 0.4) is 0 Å². The van der Waals surface area contributed by atoms with Crippen molar-refractivity contribution in [3.05, 3.63) is 24.0 Å². The average molecular weight is 233 g/mol. The fraction of sp³-hybridized carbons (Fsp3) is 0.643. The maximum absolute atomic E-state index is 8.48. The standard InChI is InChI=1S/C14H23N3/c1-13(2)11-16-12-14-7-6-10-17(14)9-5-3-4-8-15/h6-7,10,13,16H,3-5,9,11-12H2,1-2H3. The molecule has 94 valence electrons. The highest BCUT2D eigenvalue weighted by Crippen LogP contribution is 2.06. The fourth-order valence-electron chi connectivity index (χ4n) is 1.80. The number of unbranched alkanes of at least 4 members (excludes halogenated alkanes) is 2. The van der Waals surface area contributed by atoms with E-state index in [0.717, 1.165) is 32.5 Å². The average Bonchev–Trinajstić information content (AvgIpc) is 2.72. The summed E-state index contributed by atoms with van der Waals surface area (Å²) < 4.78 is 2.28. The summed E-state index contributed by atoms with van der Waals surface area (Å²) in [4.78, 5) is 0. The zero-order valence-corrected chi connectivity index (χ0v) is 10.9. The third kappa shape index (κ3) is 5.55. The van der Waals surface area contributed by atoms with Crippen molar-refractivity contribution in [1.82, 2.24) is 9.88 Å². The van der Waals surface area contributed by atoms with Crippen LogP contribution in [-0.2, 0) is 13.1 Å². The van der Waals surface area contributed by atoms with Crippen LogP contribution in [0.15, 0.2) is 18.3 Å². The first kappa shape index (κ1) is 13.8. The normalized spacial score (nSPS) is 10.7. The molecule has 0 aliphatic carbocycles. The van der Waals surface area contributed by atoms with E-state index in [9.17, 15) is 0 Å². The van der Waals surface area contributed by atoms with Crippen molar-refractivity contribution in [2.75, 3.05) is 6.54 Å². The number of aromatic nitrogens is 1. The molecule has 0 aromatic carbocycles. The molecule has 0 unspecified atom stereocenters. The molecule has 0 aliphatic heterocycles. The van der Waals surface area contributed by atoms with Crippen LogP contribution in [-0.4, -0.2) is 11.1 Å². The van der Waals surface area contributed by atoms with E-state index < -0.39 is 0 Å². The Morgan fingerprint density at radius 1 is 1.41 bits per heavy atom. The van der Waals surface area contributed by atoms with Gasteiger partial charge in [-0.15, -0.1) is 0 Å². The molecule has 0 amide bonds. The molecule has 0 saturated heterocycles. The van der Waals surface area contributed by atoms with E-state index in [2.05, 4.69) is 48.1 Å². The Morgan fingerprint density at radius 3 is 2.94 bits per heavy atom. The van der Waals surface area contributed by atoms with Crippen LogP contribution >= 0.6 is 0 Å². The minimum atomic E-state index is 0.669. The van der Waals surface area contributed by atoms with Gasteiger partial charge in [0.05, 0.1) is 6.07 Å². The molecule has 0 spiro atoms. The van der Waals surface area contributed by atoms with Gasteiger partial charge < -0.3 is 9.88 Å². The number of nitrogens with one attached hydrogen (secondary N) is 1. The lowest BCUT2D eigenvalue weighted by Gasteiger charge is -2.11. The Labute approximate surface area is 104 Å². The highest BCUT2D eigenvalue weighted by molar-refractivity contribution is 5.06. The molecule has 0 bridgehead atoms. The van der Waals surface area contributed by atoms with E-state index in [4.69, 9.17) is 5.26 Å². The molecule has 3 heteroatoms. The molecule has 1 aromatic heterocycles. The molecule has 3 nitrogen and oxygen atoms in total. The highest BCUT2D eigenvalue weighted by atomic mass is 15.0. The second kappa shape index (κ2) is 7.92. The third-order valence-corrected chi connectivity index (χ3v) is 2.72. The van der Waals surface area contributed by atoms with Crippen molar-refractivity contribution in [1.29, 1.82) is 5.26 Å². The highest BCUT2D eigenvalue weighted by Gasteiger charge is 2.01. The molecule has 0 saturated carbocycles. The molecule has 0 aliphatic rings. The summed E-state index contributed by atoms with van der Waals surface area (Å²) in [5, 5.41) is 11.9. The summed E-state index contributed by atoms with van der Waals surface area (Å²) in [5.74, 6) is 0.689. The Bertz CT molecular complexity index is 347. The van der Waals surface area contributed by atoms with Gasteiger partial charge in [0, 0.05) is 31.4 Å². The quantitative estimate of drug-likeness (QED) is 0.701. The van der Waals surface area contributed by atoms with E-state index in [1.807, 2.05) is 0 Å². The van der Waals surface area contributed by atoms with Crippen LogP contribution < -0.4 is 5.32 Å². The third-order valence-electron chi connectivity index (χ3n) is 2.72. The van der Waals surface area contributed by atoms with E-state index in [1.165, 1.54) is 5.69 Å². The Kier molecular flexibility index (Phi) is 6.42. The van der Waals surface area contributed by atoms with Crippen molar-refractivity contribution in [2.24, 2.45) is 5.92 Å². The first-order valence-electron chi connectivity index (χ1n) is 6.45. The van der Waals surface area contributed by atoms with Crippen molar-refractivity contribution >= 4 is 0 Å². The molecule has 1 rings (SSSR count). The number of nitrogens with zero attached hydrogens (tertiary/aromatic N) is 2. The van der Waals surface area contributed by atoms with Crippen molar-refractivity contribution in [2.45, 2.75) is 46.2 Å². The Morgan fingerprint density at radius 2 is 2.24 bits per heavy atom. The molecular weight excluding hydrogens is 210 g/mol. The summed E-state index contributed by atoms with van der Waals surface area (Å²) >= 11 is 0. The van der Waals surface area contributed by atoms with Crippen LogP contribution in [0.25, 0.3) is 0 Å². The van der Waals surface area contributed by atoms with E-state index in [-0.39, 0.29) is 0 Å². The lowest BCUT2D eigenvalue weighted by molar-refractivity contribution is 0.526. The van der Waals surface area contributed by atoms with Crippen molar-refractivity contribution < 1.29 is 0 Å². The molecule has 1 N–H and O–H groups in total. The van der Waals surface area contributed by atoms with Crippen molar-refractivity contribution in [3.8, 4) is 6.07 Å². The first-order chi connectivity index (χ1) is 8.24. The molecule has 17 heavy (non-hydrogen) atoms. The van der Waals surface area contributed by atoms with E-state index in [0.29, 0.717) is 12.3 Å². The Balaban J connectivity index is 2.30. The zero-order chi connectivity index (χ0) is 12.5. The summed E-state index contributed by atoms with van der Waals surface area (Å²) in [7, 11) is 0. The molecule has 1 aromatic rings. The van der Waals surface area contributed by atoms with Gasteiger partial charge in [-0.2, -0.15) is 5.26 Å². The Hall–Kier alpha value is -1.27. The monoisotopic (exact) mass is 233 g/mol. The van der Waals surface area contributed by atoms with Gasteiger partial charge in [0.2, 0.25) is 0 Å². The molecular formula is C14H23N3. The van der Waals surface area contributed by atoms with Crippen LogP contribution in [0.1, 0.15) is 38.8 Å². The fourth-order valence-corrected chi connectivity index (χ4v) is 1.80. The SMILES string of the molecule is CC(C)CNCc1cccn1CCCCC#N. The van der Waals surface area contributed by atoms with Crippen LogP contribution in [0, 0.1) is 17.2 Å². The topological polar surface area (TPSA) is 40.8 Å². The first-order valence-corrected chi connectivity index (χ1v) is 6.45. The van der Waals surface area contributed by atoms with E-state index >= 15 is 0 Å². The number of hydrogen-bond donors (Lipinski definition) is 1.